The molecule has 1 fully saturated rings. The zero-order valence-electron chi connectivity index (χ0n) is 8.75. The van der Waals surface area contributed by atoms with Gasteiger partial charge >= 0.3 is 0 Å². The minimum absolute atomic E-state index is 0.0326. The molecular weight excluding hydrogens is 176 g/mol. The van der Waals surface area contributed by atoms with Crippen LogP contribution in [0.5, 0.6) is 0 Å². The molecule has 0 N–H and O–H groups in total. The smallest absolute Gasteiger partial charge is 0.161 e. The quantitative estimate of drug-likeness (QED) is 0.715. The fourth-order valence-corrected chi connectivity index (χ4v) is 1.86. The van der Waals surface area contributed by atoms with Gasteiger partial charge in [0.1, 0.15) is 0 Å². The Morgan fingerprint density at radius 2 is 1.71 bits per heavy atom. The molecule has 76 valence electrons. The van der Waals surface area contributed by atoms with E-state index in [0.717, 1.165) is 19.6 Å². The lowest BCUT2D eigenvalue weighted by Crippen LogP contribution is -2.13. The lowest BCUT2D eigenvalue weighted by Gasteiger charge is -2.13. The van der Waals surface area contributed by atoms with E-state index in [1.165, 1.54) is 16.7 Å². The number of rotatable bonds is 2. The zero-order valence-corrected chi connectivity index (χ0v) is 8.75. The van der Waals surface area contributed by atoms with Gasteiger partial charge in [-0.2, -0.15) is 0 Å². The van der Waals surface area contributed by atoms with Gasteiger partial charge in [0.05, 0.1) is 13.2 Å². The largest absolute Gasteiger partial charge is 0.350 e. The first-order valence-corrected chi connectivity index (χ1v) is 5.05. The third kappa shape index (κ3) is 1.97. The molecule has 2 nitrogen and oxygen atoms in total. The highest BCUT2D eigenvalue weighted by atomic mass is 16.7. The lowest BCUT2D eigenvalue weighted by molar-refractivity contribution is -0.0401. The van der Waals surface area contributed by atoms with Crippen molar-refractivity contribution in [1.82, 2.24) is 0 Å². The van der Waals surface area contributed by atoms with E-state index in [2.05, 4.69) is 32.0 Å². The van der Waals surface area contributed by atoms with Crippen LogP contribution in [0.3, 0.4) is 0 Å². The van der Waals surface area contributed by atoms with Gasteiger partial charge in [0.15, 0.2) is 6.29 Å². The summed E-state index contributed by atoms with van der Waals surface area (Å²) in [6, 6.07) is 6.36. The molecule has 0 saturated carbocycles. The van der Waals surface area contributed by atoms with Gasteiger partial charge in [-0.3, -0.25) is 0 Å². The van der Waals surface area contributed by atoms with Crippen molar-refractivity contribution in [2.24, 2.45) is 0 Å². The van der Waals surface area contributed by atoms with Crippen molar-refractivity contribution in [2.75, 3.05) is 13.2 Å². The van der Waals surface area contributed by atoms with Crippen molar-refractivity contribution in [3.05, 3.63) is 34.9 Å². The van der Waals surface area contributed by atoms with Gasteiger partial charge < -0.3 is 9.47 Å². The highest BCUT2D eigenvalue weighted by Crippen LogP contribution is 2.18. The molecule has 14 heavy (non-hydrogen) atoms. The fraction of sp³-hybridized carbons (Fsp3) is 0.500. The summed E-state index contributed by atoms with van der Waals surface area (Å²) in [4.78, 5) is 0. The number of hydrogen-bond donors (Lipinski definition) is 0. The van der Waals surface area contributed by atoms with E-state index < -0.39 is 0 Å². The van der Waals surface area contributed by atoms with Crippen LogP contribution < -0.4 is 0 Å². The molecular formula is C12H16O2. The van der Waals surface area contributed by atoms with Crippen LogP contribution in [0.15, 0.2) is 18.2 Å². The van der Waals surface area contributed by atoms with E-state index in [9.17, 15) is 0 Å². The topological polar surface area (TPSA) is 18.5 Å². The number of benzene rings is 1. The molecule has 0 bridgehead atoms. The molecule has 1 saturated heterocycles. The minimum atomic E-state index is -0.0326. The van der Waals surface area contributed by atoms with Crippen LogP contribution >= 0.6 is 0 Å². The lowest BCUT2D eigenvalue weighted by atomic mass is 10.00. The van der Waals surface area contributed by atoms with E-state index in [1.807, 2.05) is 0 Å². The van der Waals surface area contributed by atoms with Crippen LogP contribution in [0, 0.1) is 13.8 Å². The molecule has 2 heteroatoms. The van der Waals surface area contributed by atoms with Gasteiger partial charge in [0.2, 0.25) is 0 Å². The van der Waals surface area contributed by atoms with Gasteiger partial charge in [0, 0.05) is 6.42 Å². The Morgan fingerprint density at radius 3 is 2.29 bits per heavy atom. The summed E-state index contributed by atoms with van der Waals surface area (Å²) in [6.45, 7) is 5.74. The van der Waals surface area contributed by atoms with Gasteiger partial charge in [-0.25, -0.2) is 0 Å². The van der Waals surface area contributed by atoms with Gasteiger partial charge in [0.25, 0.3) is 0 Å². The molecule has 0 atom stereocenters. The predicted molar refractivity (Wildman–Crippen MR) is 55.3 cm³/mol. The summed E-state index contributed by atoms with van der Waals surface area (Å²) >= 11 is 0. The van der Waals surface area contributed by atoms with Gasteiger partial charge in [-0.1, -0.05) is 18.2 Å². The summed E-state index contributed by atoms with van der Waals surface area (Å²) in [5, 5.41) is 0. The molecule has 1 aliphatic rings. The Hall–Kier alpha value is -0.860. The molecule has 0 amide bonds. The highest BCUT2D eigenvalue weighted by molar-refractivity contribution is 5.33. The fourth-order valence-electron chi connectivity index (χ4n) is 1.86. The van der Waals surface area contributed by atoms with Crippen molar-refractivity contribution in [3.8, 4) is 0 Å². The Balaban J connectivity index is 2.14. The Bertz CT molecular complexity index is 294. The average molecular weight is 192 g/mol. The number of aryl methyl sites for hydroxylation is 2. The summed E-state index contributed by atoms with van der Waals surface area (Å²) in [7, 11) is 0. The zero-order chi connectivity index (χ0) is 9.97. The van der Waals surface area contributed by atoms with Crippen LogP contribution in [-0.4, -0.2) is 19.5 Å². The Morgan fingerprint density at radius 1 is 1.14 bits per heavy atom. The number of ether oxygens (including phenoxy) is 2. The first kappa shape index (κ1) is 9.69. The maximum atomic E-state index is 5.44. The third-order valence-electron chi connectivity index (χ3n) is 2.71. The van der Waals surface area contributed by atoms with Crippen molar-refractivity contribution in [2.45, 2.75) is 26.6 Å². The molecule has 1 aromatic rings. The van der Waals surface area contributed by atoms with Crippen molar-refractivity contribution in [1.29, 1.82) is 0 Å². The predicted octanol–water partition coefficient (Wildman–Crippen LogP) is 2.22. The van der Waals surface area contributed by atoms with Crippen molar-refractivity contribution >= 4 is 0 Å². The summed E-state index contributed by atoms with van der Waals surface area (Å²) < 4.78 is 10.9. The second-order valence-corrected chi connectivity index (χ2v) is 3.75. The molecule has 0 aliphatic carbocycles. The molecule has 0 spiro atoms. The van der Waals surface area contributed by atoms with Gasteiger partial charge in [-0.05, 0) is 30.5 Å². The average Bonchev–Trinajstić information content (AvgIpc) is 2.64. The monoisotopic (exact) mass is 192 g/mol. The second kappa shape index (κ2) is 4.11. The molecule has 0 radical (unpaired) electrons. The maximum Gasteiger partial charge on any atom is 0.161 e. The summed E-state index contributed by atoms with van der Waals surface area (Å²) in [5.74, 6) is 0. The highest BCUT2D eigenvalue weighted by Gasteiger charge is 2.17. The Kier molecular flexibility index (Phi) is 2.85. The summed E-state index contributed by atoms with van der Waals surface area (Å²) in [5.41, 5.74) is 4.01. The van der Waals surface area contributed by atoms with Crippen LogP contribution in [0.4, 0.5) is 0 Å². The van der Waals surface area contributed by atoms with E-state index >= 15 is 0 Å². The van der Waals surface area contributed by atoms with E-state index in [4.69, 9.17) is 9.47 Å². The first-order chi connectivity index (χ1) is 6.77. The van der Waals surface area contributed by atoms with E-state index in [-0.39, 0.29) is 6.29 Å². The minimum Gasteiger partial charge on any atom is -0.350 e. The normalized spacial score (nSPS) is 17.6. The standard InChI is InChI=1S/C12H16O2/c1-9-4-3-5-10(2)11(9)8-12-13-6-7-14-12/h3-5,12H,6-8H2,1-2H3. The van der Waals surface area contributed by atoms with Gasteiger partial charge in [-0.15, -0.1) is 0 Å². The van der Waals surface area contributed by atoms with Crippen molar-refractivity contribution in [3.63, 3.8) is 0 Å². The molecule has 1 aliphatic heterocycles. The maximum absolute atomic E-state index is 5.44. The number of hydrogen-bond acceptors (Lipinski definition) is 2. The van der Waals surface area contributed by atoms with Crippen LogP contribution in [-0.2, 0) is 15.9 Å². The van der Waals surface area contributed by atoms with Crippen molar-refractivity contribution < 1.29 is 9.47 Å². The third-order valence-corrected chi connectivity index (χ3v) is 2.71. The van der Waals surface area contributed by atoms with Crippen LogP contribution in [0.2, 0.25) is 0 Å². The molecule has 1 heterocycles. The van der Waals surface area contributed by atoms with E-state index in [0.29, 0.717) is 0 Å². The molecule has 0 unspecified atom stereocenters. The van der Waals surface area contributed by atoms with E-state index in [1.54, 1.807) is 0 Å². The Labute approximate surface area is 84.8 Å². The van der Waals surface area contributed by atoms with Crippen LogP contribution in [0.25, 0.3) is 0 Å². The SMILES string of the molecule is Cc1cccc(C)c1CC1OCCO1. The first-order valence-electron chi connectivity index (χ1n) is 5.05. The molecule has 2 rings (SSSR count). The molecule has 0 aromatic heterocycles. The van der Waals surface area contributed by atoms with Crippen LogP contribution in [0.1, 0.15) is 16.7 Å². The second-order valence-electron chi connectivity index (χ2n) is 3.75. The summed E-state index contributed by atoms with van der Waals surface area (Å²) in [6.07, 6.45) is 0.841. The molecule has 1 aromatic carbocycles.